The monoisotopic (exact) mass is 183 g/mol. The molecule has 1 atom stereocenters. The lowest BCUT2D eigenvalue weighted by atomic mass is 10.1. The van der Waals surface area contributed by atoms with Gasteiger partial charge in [-0.1, -0.05) is 6.92 Å². The van der Waals surface area contributed by atoms with E-state index in [4.69, 9.17) is 0 Å². The van der Waals surface area contributed by atoms with Gasteiger partial charge in [-0.25, -0.2) is 0 Å². The van der Waals surface area contributed by atoms with Crippen LogP contribution in [0.4, 0.5) is 0 Å². The summed E-state index contributed by atoms with van der Waals surface area (Å²) in [6, 6.07) is 0. The third-order valence-electron chi connectivity index (χ3n) is 2.02. The number of rotatable bonds is 2. The highest BCUT2D eigenvalue weighted by molar-refractivity contribution is 5.30. The molecule has 0 fully saturated rings. The minimum absolute atomic E-state index is 0.214. The molecule has 13 heavy (non-hydrogen) atoms. The van der Waals surface area contributed by atoms with Crippen LogP contribution in [0.25, 0.3) is 0 Å². The molecule has 1 rings (SSSR count). The third-order valence-corrected chi connectivity index (χ3v) is 2.02. The van der Waals surface area contributed by atoms with Crippen LogP contribution in [0.15, 0.2) is 11.0 Å². The first-order valence-electron chi connectivity index (χ1n) is 4.17. The molecule has 1 heterocycles. The van der Waals surface area contributed by atoms with Crippen molar-refractivity contribution in [3.8, 4) is 5.75 Å². The van der Waals surface area contributed by atoms with Crippen molar-refractivity contribution < 1.29 is 10.2 Å². The first-order valence-corrected chi connectivity index (χ1v) is 4.17. The van der Waals surface area contributed by atoms with Crippen LogP contribution in [0, 0.1) is 6.92 Å². The fourth-order valence-electron chi connectivity index (χ4n) is 1.09. The van der Waals surface area contributed by atoms with Crippen LogP contribution in [0.1, 0.15) is 30.7 Å². The number of aromatic amines is 1. The number of nitrogens with one attached hydrogen (secondary N) is 1. The number of aryl methyl sites for hydroxylation is 1. The summed E-state index contributed by atoms with van der Waals surface area (Å²) >= 11 is 0. The minimum atomic E-state index is -0.810. The summed E-state index contributed by atoms with van der Waals surface area (Å²) in [5, 5.41) is 18.7. The molecule has 4 nitrogen and oxygen atoms in total. The molecule has 72 valence electrons. The molecule has 0 aliphatic rings. The van der Waals surface area contributed by atoms with Gasteiger partial charge in [0.05, 0.1) is 11.8 Å². The van der Waals surface area contributed by atoms with E-state index in [1.165, 1.54) is 6.20 Å². The molecule has 1 aromatic heterocycles. The summed E-state index contributed by atoms with van der Waals surface area (Å²) < 4.78 is 0. The van der Waals surface area contributed by atoms with Crippen LogP contribution >= 0.6 is 0 Å². The third kappa shape index (κ3) is 1.72. The van der Waals surface area contributed by atoms with Gasteiger partial charge >= 0.3 is 0 Å². The molecule has 0 radical (unpaired) electrons. The van der Waals surface area contributed by atoms with Gasteiger partial charge in [0.25, 0.3) is 0 Å². The number of aliphatic hydroxyl groups excluding tert-OH is 1. The first-order chi connectivity index (χ1) is 6.07. The summed E-state index contributed by atoms with van der Waals surface area (Å²) in [5.41, 5.74) is 0.133. The van der Waals surface area contributed by atoms with Gasteiger partial charge in [-0.2, -0.15) is 0 Å². The van der Waals surface area contributed by atoms with Gasteiger partial charge in [-0.05, 0) is 13.3 Å². The summed E-state index contributed by atoms with van der Waals surface area (Å²) in [5.74, 6) is -0.315. The molecule has 0 aliphatic carbocycles. The maximum atomic E-state index is 11.4. The van der Waals surface area contributed by atoms with Crippen molar-refractivity contribution in [2.24, 2.45) is 0 Å². The molecule has 1 unspecified atom stereocenters. The van der Waals surface area contributed by atoms with Crippen molar-refractivity contribution in [2.75, 3.05) is 0 Å². The Morgan fingerprint density at radius 1 is 1.62 bits per heavy atom. The summed E-state index contributed by atoms with van der Waals surface area (Å²) in [4.78, 5) is 14.1. The summed E-state index contributed by atoms with van der Waals surface area (Å²) in [6.45, 7) is 3.36. The smallest absolute Gasteiger partial charge is 0.229 e. The fraction of sp³-hybridized carbons (Fsp3) is 0.444. The van der Waals surface area contributed by atoms with Crippen molar-refractivity contribution in [3.05, 3.63) is 27.7 Å². The van der Waals surface area contributed by atoms with Gasteiger partial charge in [0.2, 0.25) is 5.43 Å². The van der Waals surface area contributed by atoms with Gasteiger partial charge in [-0.3, -0.25) is 4.79 Å². The molecule has 0 aliphatic heterocycles. The number of aromatic hydroxyl groups is 1. The van der Waals surface area contributed by atoms with Crippen molar-refractivity contribution in [1.82, 2.24) is 4.98 Å². The van der Waals surface area contributed by atoms with Gasteiger partial charge in [0, 0.05) is 11.8 Å². The van der Waals surface area contributed by atoms with Crippen LogP contribution in [-0.2, 0) is 0 Å². The number of H-pyrrole nitrogens is 1. The van der Waals surface area contributed by atoms with E-state index in [0.717, 1.165) is 0 Å². The van der Waals surface area contributed by atoms with Crippen LogP contribution in [0.3, 0.4) is 0 Å². The second kappa shape index (κ2) is 3.62. The number of aliphatic hydroxyl groups is 1. The van der Waals surface area contributed by atoms with Crippen LogP contribution in [-0.4, -0.2) is 15.2 Å². The number of aromatic nitrogens is 1. The predicted molar refractivity (Wildman–Crippen MR) is 48.7 cm³/mol. The standard InChI is InChI=1S/C9H13NO3/c1-3-7(11)6-4-10-5(2)8(12)9(6)13/h4,7,11-12H,3H2,1-2H3,(H,10,13). The molecule has 0 amide bonds. The van der Waals surface area contributed by atoms with Crippen molar-refractivity contribution in [1.29, 1.82) is 0 Å². The molecule has 3 N–H and O–H groups in total. The largest absolute Gasteiger partial charge is 0.503 e. The molecular formula is C9H13NO3. The average Bonchev–Trinajstić information content (AvgIpc) is 2.13. The molecule has 0 aromatic carbocycles. The van der Waals surface area contributed by atoms with Crippen LogP contribution in [0.2, 0.25) is 0 Å². The summed E-state index contributed by atoms with van der Waals surface area (Å²) in [6.07, 6.45) is 1.08. The SMILES string of the molecule is CCC(O)c1c[nH]c(C)c(O)c1=O. The fourth-order valence-corrected chi connectivity index (χ4v) is 1.09. The zero-order valence-corrected chi connectivity index (χ0v) is 7.66. The Morgan fingerprint density at radius 3 is 2.77 bits per heavy atom. The van der Waals surface area contributed by atoms with E-state index in [0.29, 0.717) is 12.1 Å². The van der Waals surface area contributed by atoms with E-state index in [2.05, 4.69) is 4.98 Å². The van der Waals surface area contributed by atoms with E-state index < -0.39 is 11.5 Å². The lowest BCUT2D eigenvalue weighted by molar-refractivity contribution is 0.171. The molecule has 4 heteroatoms. The Bertz CT molecular complexity index is 356. The van der Waals surface area contributed by atoms with Crippen LogP contribution in [0.5, 0.6) is 5.75 Å². The average molecular weight is 183 g/mol. The zero-order chi connectivity index (χ0) is 10.0. The van der Waals surface area contributed by atoms with Gasteiger partial charge in [-0.15, -0.1) is 0 Å². The highest BCUT2D eigenvalue weighted by atomic mass is 16.3. The van der Waals surface area contributed by atoms with E-state index in [1.807, 2.05) is 0 Å². The second-order valence-corrected chi connectivity index (χ2v) is 2.97. The highest BCUT2D eigenvalue weighted by Gasteiger charge is 2.13. The van der Waals surface area contributed by atoms with E-state index in [-0.39, 0.29) is 11.3 Å². The van der Waals surface area contributed by atoms with Crippen molar-refractivity contribution >= 4 is 0 Å². The quantitative estimate of drug-likeness (QED) is 0.635. The second-order valence-electron chi connectivity index (χ2n) is 2.97. The Balaban J connectivity index is 3.26. The van der Waals surface area contributed by atoms with E-state index >= 15 is 0 Å². The molecule has 0 spiro atoms. The number of hydrogen-bond donors (Lipinski definition) is 3. The highest BCUT2D eigenvalue weighted by Crippen LogP contribution is 2.15. The lowest BCUT2D eigenvalue weighted by Gasteiger charge is -2.08. The Labute approximate surface area is 75.9 Å². The van der Waals surface area contributed by atoms with E-state index in [1.54, 1.807) is 13.8 Å². The maximum absolute atomic E-state index is 11.4. The normalized spacial score (nSPS) is 12.8. The number of hydrogen-bond acceptors (Lipinski definition) is 3. The first kappa shape index (κ1) is 9.80. The topological polar surface area (TPSA) is 73.3 Å². The predicted octanol–water partition coefficient (Wildman–Crippen LogP) is 0.832. The maximum Gasteiger partial charge on any atom is 0.229 e. The molecular weight excluding hydrogens is 170 g/mol. The van der Waals surface area contributed by atoms with Gasteiger partial charge in [0.15, 0.2) is 5.75 Å². The number of pyridine rings is 1. The van der Waals surface area contributed by atoms with Gasteiger partial charge < -0.3 is 15.2 Å². The van der Waals surface area contributed by atoms with Crippen molar-refractivity contribution in [2.45, 2.75) is 26.4 Å². The molecule has 0 bridgehead atoms. The minimum Gasteiger partial charge on any atom is -0.503 e. The Hall–Kier alpha value is -1.29. The molecule has 0 saturated carbocycles. The van der Waals surface area contributed by atoms with Gasteiger partial charge in [0.1, 0.15) is 0 Å². The van der Waals surface area contributed by atoms with Crippen LogP contribution < -0.4 is 5.43 Å². The summed E-state index contributed by atoms with van der Waals surface area (Å²) in [7, 11) is 0. The Morgan fingerprint density at radius 2 is 2.23 bits per heavy atom. The van der Waals surface area contributed by atoms with Crippen molar-refractivity contribution in [3.63, 3.8) is 0 Å². The molecule has 1 aromatic rings. The lowest BCUT2D eigenvalue weighted by Crippen LogP contribution is -2.14. The molecule has 0 saturated heterocycles. The van der Waals surface area contributed by atoms with E-state index in [9.17, 15) is 15.0 Å². The Kier molecular flexibility index (Phi) is 2.72. The zero-order valence-electron chi connectivity index (χ0n) is 7.66.